The summed E-state index contributed by atoms with van der Waals surface area (Å²) in [6.07, 6.45) is 5.31. The molecule has 0 aliphatic heterocycles. The molecule has 0 atom stereocenters. The number of hydrogen-bond donors (Lipinski definition) is 3. The van der Waals surface area contributed by atoms with Crippen molar-refractivity contribution in [2.24, 2.45) is 7.05 Å². The van der Waals surface area contributed by atoms with E-state index in [4.69, 9.17) is 0 Å². The molecule has 3 N–H and O–H groups in total. The van der Waals surface area contributed by atoms with E-state index in [1.807, 2.05) is 13.2 Å². The fraction of sp³-hybridized carbons (Fsp3) is 0.385. The van der Waals surface area contributed by atoms with E-state index < -0.39 is 0 Å². The van der Waals surface area contributed by atoms with Gasteiger partial charge in [-0.05, 0) is 6.92 Å². The number of aromatic hydroxyl groups is 1. The van der Waals surface area contributed by atoms with Crippen LogP contribution in [0, 0.1) is 6.92 Å². The Kier molecular flexibility index (Phi) is 4.13. The van der Waals surface area contributed by atoms with Gasteiger partial charge in [0, 0.05) is 49.2 Å². The molecule has 0 unspecified atom stereocenters. The maximum absolute atomic E-state index is 9.98. The number of nitrogens with one attached hydrogen (secondary N) is 1. The van der Waals surface area contributed by atoms with Gasteiger partial charge >= 0.3 is 0 Å². The summed E-state index contributed by atoms with van der Waals surface area (Å²) in [7, 11) is 1.87. The highest BCUT2D eigenvalue weighted by molar-refractivity contribution is 5.40. The summed E-state index contributed by atoms with van der Waals surface area (Å²) in [6, 6.07) is 0. The average Bonchev–Trinajstić information content (AvgIpc) is 2.80. The Morgan fingerprint density at radius 1 is 1.32 bits per heavy atom. The molecule has 0 aromatic carbocycles. The first-order chi connectivity index (χ1) is 9.11. The van der Waals surface area contributed by atoms with Gasteiger partial charge in [-0.1, -0.05) is 0 Å². The zero-order valence-corrected chi connectivity index (χ0v) is 11.1. The second-order valence-corrected chi connectivity index (χ2v) is 4.48. The first-order valence-corrected chi connectivity index (χ1v) is 6.07. The lowest BCUT2D eigenvalue weighted by molar-refractivity contribution is 0.278. The average molecular weight is 262 g/mol. The van der Waals surface area contributed by atoms with Crippen molar-refractivity contribution in [3.8, 4) is 5.75 Å². The summed E-state index contributed by atoms with van der Waals surface area (Å²) in [6.45, 7) is 2.73. The van der Waals surface area contributed by atoms with E-state index >= 15 is 0 Å². The third kappa shape index (κ3) is 3.10. The largest absolute Gasteiger partial charge is 0.506 e. The van der Waals surface area contributed by atoms with E-state index in [1.165, 1.54) is 0 Å². The van der Waals surface area contributed by atoms with E-state index in [9.17, 15) is 10.2 Å². The second kappa shape index (κ2) is 5.81. The Labute approximate surface area is 111 Å². The number of aliphatic hydroxyl groups is 1. The summed E-state index contributed by atoms with van der Waals surface area (Å²) in [5, 5.41) is 26.5. The van der Waals surface area contributed by atoms with Gasteiger partial charge < -0.3 is 15.5 Å². The third-order valence-electron chi connectivity index (χ3n) is 2.99. The van der Waals surface area contributed by atoms with Crippen molar-refractivity contribution in [1.82, 2.24) is 20.1 Å². The molecule has 19 heavy (non-hydrogen) atoms. The predicted molar refractivity (Wildman–Crippen MR) is 70.3 cm³/mol. The fourth-order valence-electron chi connectivity index (χ4n) is 1.91. The number of hydrogen-bond acceptors (Lipinski definition) is 5. The van der Waals surface area contributed by atoms with Crippen LogP contribution in [0.4, 0.5) is 0 Å². The molecule has 0 spiro atoms. The summed E-state index contributed by atoms with van der Waals surface area (Å²) >= 11 is 0. The number of aromatic nitrogens is 3. The quantitative estimate of drug-likeness (QED) is 0.735. The molecule has 6 nitrogen and oxygen atoms in total. The van der Waals surface area contributed by atoms with E-state index in [2.05, 4.69) is 15.4 Å². The lowest BCUT2D eigenvalue weighted by Gasteiger charge is -2.11. The van der Waals surface area contributed by atoms with Crippen LogP contribution in [0.25, 0.3) is 0 Å². The number of rotatable bonds is 5. The zero-order valence-electron chi connectivity index (χ0n) is 11.1. The first kappa shape index (κ1) is 13.5. The molecule has 102 valence electrons. The Balaban J connectivity index is 2.04. The molecule has 0 saturated heterocycles. The minimum atomic E-state index is -0.134. The molecule has 6 heteroatoms. The van der Waals surface area contributed by atoms with Crippen molar-refractivity contribution in [1.29, 1.82) is 0 Å². The van der Waals surface area contributed by atoms with E-state index in [-0.39, 0.29) is 12.4 Å². The number of pyridine rings is 1. The highest BCUT2D eigenvalue weighted by Crippen LogP contribution is 2.23. The molecular formula is C13H18N4O2. The van der Waals surface area contributed by atoms with Crippen molar-refractivity contribution in [3.63, 3.8) is 0 Å². The van der Waals surface area contributed by atoms with Crippen LogP contribution in [0.15, 0.2) is 18.6 Å². The zero-order chi connectivity index (χ0) is 13.8. The Morgan fingerprint density at radius 2 is 2.11 bits per heavy atom. The Morgan fingerprint density at radius 3 is 2.74 bits per heavy atom. The molecule has 0 aliphatic rings. The standard InChI is InChI=1S/C13H18N4O2/c1-9-13(19)12(11(8-18)5-15-9)6-14-3-10-4-16-17(2)7-10/h4-5,7,14,18-19H,3,6,8H2,1-2H3. The lowest BCUT2D eigenvalue weighted by Crippen LogP contribution is -2.14. The van der Waals surface area contributed by atoms with Crippen LogP contribution in [0.2, 0.25) is 0 Å². The summed E-state index contributed by atoms with van der Waals surface area (Å²) in [5.41, 5.74) is 2.97. The van der Waals surface area contributed by atoms with Gasteiger partial charge in [-0.3, -0.25) is 9.67 Å². The molecule has 0 bridgehead atoms. The summed E-state index contributed by atoms with van der Waals surface area (Å²) in [5.74, 6) is 0.144. The highest BCUT2D eigenvalue weighted by atomic mass is 16.3. The van der Waals surface area contributed by atoms with Crippen molar-refractivity contribution in [2.45, 2.75) is 26.6 Å². The van der Waals surface area contributed by atoms with Gasteiger partial charge in [0.25, 0.3) is 0 Å². The lowest BCUT2D eigenvalue weighted by atomic mass is 10.1. The van der Waals surface area contributed by atoms with Crippen molar-refractivity contribution in [2.75, 3.05) is 0 Å². The van der Waals surface area contributed by atoms with Crippen LogP contribution in [-0.2, 0) is 26.7 Å². The van der Waals surface area contributed by atoms with Crippen LogP contribution < -0.4 is 5.32 Å². The van der Waals surface area contributed by atoms with Crippen LogP contribution >= 0.6 is 0 Å². The monoisotopic (exact) mass is 262 g/mol. The van der Waals surface area contributed by atoms with E-state index in [0.29, 0.717) is 29.9 Å². The van der Waals surface area contributed by atoms with Gasteiger partial charge in [-0.2, -0.15) is 5.10 Å². The maximum Gasteiger partial charge on any atom is 0.141 e. The van der Waals surface area contributed by atoms with Gasteiger partial charge in [0.05, 0.1) is 18.5 Å². The highest BCUT2D eigenvalue weighted by Gasteiger charge is 2.10. The van der Waals surface area contributed by atoms with Gasteiger partial charge in [0.2, 0.25) is 0 Å². The minimum absolute atomic E-state index is 0.134. The third-order valence-corrected chi connectivity index (χ3v) is 2.99. The minimum Gasteiger partial charge on any atom is -0.506 e. The SMILES string of the molecule is Cc1ncc(CO)c(CNCc2cnn(C)c2)c1O. The number of nitrogens with zero attached hydrogens (tertiary/aromatic N) is 3. The molecule has 2 heterocycles. The molecule has 2 aromatic rings. The molecule has 2 rings (SSSR count). The molecule has 0 fully saturated rings. The fourth-order valence-corrected chi connectivity index (χ4v) is 1.91. The van der Waals surface area contributed by atoms with Gasteiger partial charge in [-0.25, -0.2) is 0 Å². The maximum atomic E-state index is 9.98. The first-order valence-electron chi connectivity index (χ1n) is 6.07. The molecule has 2 aromatic heterocycles. The van der Waals surface area contributed by atoms with E-state index in [1.54, 1.807) is 24.0 Å². The van der Waals surface area contributed by atoms with Crippen molar-refractivity contribution >= 4 is 0 Å². The van der Waals surface area contributed by atoms with Crippen LogP contribution in [-0.4, -0.2) is 25.0 Å². The van der Waals surface area contributed by atoms with Crippen molar-refractivity contribution < 1.29 is 10.2 Å². The molecule has 0 radical (unpaired) electrons. The van der Waals surface area contributed by atoms with Crippen LogP contribution in [0.1, 0.15) is 22.4 Å². The van der Waals surface area contributed by atoms with Crippen molar-refractivity contribution in [3.05, 3.63) is 41.0 Å². The molecular weight excluding hydrogens is 244 g/mol. The van der Waals surface area contributed by atoms with Gasteiger partial charge in [0.1, 0.15) is 5.75 Å². The summed E-state index contributed by atoms with van der Waals surface area (Å²) in [4.78, 5) is 4.03. The van der Waals surface area contributed by atoms with E-state index in [0.717, 1.165) is 5.56 Å². The van der Waals surface area contributed by atoms with Crippen LogP contribution in [0.5, 0.6) is 5.75 Å². The second-order valence-electron chi connectivity index (χ2n) is 4.48. The molecule has 0 amide bonds. The molecule has 0 aliphatic carbocycles. The Bertz CT molecular complexity index is 566. The summed E-state index contributed by atoms with van der Waals surface area (Å²) < 4.78 is 1.74. The molecule has 0 saturated carbocycles. The topological polar surface area (TPSA) is 83.2 Å². The van der Waals surface area contributed by atoms with Gasteiger partial charge in [0.15, 0.2) is 0 Å². The van der Waals surface area contributed by atoms with Gasteiger partial charge in [-0.15, -0.1) is 0 Å². The number of aliphatic hydroxyl groups excluding tert-OH is 1. The predicted octanol–water partition coefficient (Wildman–Crippen LogP) is 0.611. The Hall–Kier alpha value is -1.92. The van der Waals surface area contributed by atoms with Crippen LogP contribution in [0.3, 0.4) is 0 Å². The normalized spacial score (nSPS) is 10.9. The smallest absolute Gasteiger partial charge is 0.141 e. The number of aryl methyl sites for hydroxylation is 2.